The normalized spacial score (nSPS) is 17.4. The van der Waals surface area contributed by atoms with E-state index in [1.165, 1.54) is 11.3 Å². The van der Waals surface area contributed by atoms with Gasteiger partial charge in [0.25, 0.3) is 0 Å². The van der Waals surface area contributed by atoms with Crippen LogP contribution < -0.4 is 5.73 Å². The van der Waals surface area contributed by atoms with E-state index in [1.54, 1.807) is 4.68 Å². The third-order valence-corrected chi connectivity index (χ3v) is 3.00. The van der Waals surface area contributed by atoms with Crippen molar-refractivity contribution in [1.29, 1.82) is 0 Å². The first-order valence-corrected chi connectivity index (χ1v) is 5.14. The van der Waals surface area contributed by atoms with Crippen molar-refractivity contribution in [3.63, 3.8) is 0 Å². The first-order chi connectivity index (χ1) is 6.59. The van der Waals surface area contributed by atoms with Crippen LogP contribution in [-0.4, -0.2) is 27.3 Å². The zero-order valence-electron chi connectivity index (χ0n) is 9.12. The summed E-state index contributed by atoms with van der Waals surface area (Å²) < 4.78 is 1.79. The van der Waals surface area contributed by atoms with Gasteiger partial charge >= 0.3 is 0 Å². The van der Waals surface area contributed by atoms with Gasteiger partial charge < -0.3 is 5.73 Å². The predicted molar refractivity (Wildman–Crippen MR) is 56.9 cm³/mol. The molecular formula is C10H18N4. The van der Waals surface area contributed by atoms with Crippen molar-refractivity contribution in [2.75, 3.05) is 12.3 Å². The van der Waals surface area contributed by atoms with Gasteiger partial charge in [0, 0.05) is 38.2 Å². The second-order valence-electron chi connectivity index (χ2n) is 4.25. The van der Waals surface area contributed by atoms with Gasteiger partial charge in [0.05, 0.1) is 5.69 Å². The molecule has 0 unspecified atom stereocenters. The minimum absolute atomic E-state index is 0.586. The van der Waals surface area contributed by atoms with Crippen LogP contribution in [-0.2, 0) is 20.0 Å². The van der Waals surface area contributed by atoms with Gasteiger partial charge in [0.2, 0.25) is 0 Å². The summed E-state index contributed by atoms with van der Waals surface area (Å²) in [5, 5.41) is 4.41. The lowest BCUT2D eigenvalue weighted by Crippen LogP contribution is -2.35. The van der Waals surface area contributed by atoms with Crippen molar-refractivity contribution < 1.29 is 0 Å². The largest absolute Gasteiger partial charge is 0.384 e. The smallest absolute Gasteiger partial charge is 0.126 e. The van der Waals surface area contributed by atoms with Crippen molar-refractivity contribution in [3.8, 4) is 0 Å². The molecule has 0 saturated carbocycles. The molecule has 2 heterocycles. The molecule has 1 aromatic heterocycles. The predicted octanol–water partition coefficient (Wildman–Crippen LogP) is 0.769. The van der Waals surface area contributed by atoms with E-state index in [2.05, 4.69) is 23.8 Å². The first kappa shape index (κ1) is 9.52. The fourth-order valence-corrected chi connectivity index (χ4v) is 1.98. The van der Waals surface area contributed by atoms with Gasteiger partial charge in [-0.25, -0.2) is 0 Å². The Morgan fingerprint density at radius 1 is 1.43 bits per heavy atom. The number of nitrogens with two attached hydrogens (primary N) is 1. The van der Waals surface area contributed by atoms with Gasteiger partial charge in [-0.15, -0.1) is 0 Å². The second-order valence-corrected chi connectivity index (χ2v) is 4.25. The maximum atomic E-state index is 5.96. The number of hydrogen-bond donors (Lipinski definition) is 1. The van der Waals surface area contributed by atoms with Crippen LogP contribution in [0.15, 0.2) is 0 Å². The van der Waals surface area contributed by atoms with E-state index in [-0.39, 0.29) is 0 Å². The average molecular weight is 194 g/mol. The number of hydrogen-bond acceptors (Lipinski definition) is 3. The van der Waals surface area contributed by atoms with Gasteiger partial charge in [-0.2, -0.15) is 5.10 Å². The maximum absolute atomic E-state index is 5.96. The topological polar surface area (TPSA) is 47.1 Å². The molecule has 2 rings (SSSR count). The Kier molecular flexibility index (Phi) is 2.23. The second kappa shape index (κ2) is 3.28. The molecule has 0 atom stereocenters. The number of rotatable bonds is 1. The molecule has 14 heavy (non-hydrogen) atoms. The minimum atomic E-state index is 0.586. The highest BCUT2D eigenvalue weighted by molar-refractivity contribution is 5.44. The molecule has 0 amide bonds. The first-order valence-electron chi connectivity index (χ1n) is 5.14. The van der Waals surface area contributed by atoms with Gasteiger partial charge in [0.15, 0.2) is 0 Å². The van der Waals surface area contributed by atoms with Crippen molar-refractivity contribution in [2.24, 2.45) is 7.05 Å². The average Bonchev–Trinajstić information content (AvgIpc) is 2.43. The van der Waals surface area contributed by atoms with E-state index >= 15 is 0 Å². The number of nitrogen functional groups attached to an aromatic ring is 1. The number of anilines is 1. The molecule has 1 aliphatic rings. The summed E-state index contributed by atoms with van der Waals surface area (Å²) in [6, 6.07) is 0.586. The molecule has 0 aromatic carbocycles. The van der Waals surface area contributed by atoms with E-state index in [4.69, 9.17) is 5.73 Å². The lowest BCUT2D eigenvalue weighted by molar-refractivity contribution is 0.203. The standard InChI is InChI=1S/C10H18N4/c1-7(2)14-5-4-9-8(6-14)10(11)13(3)12-9/h7H,4-6,11H2,1-3H3. The zero-order valence-corrected chi connectivity index (χ0v) is 9.12. The summed E-state index contributed by atoms with van der Waals surface area (Å²) in [6.45, 7) is 6.49. The van der Waals surface area contributed by atoms with Crippen LogP contribution in [0, 0.1) is 0 Å². The van der Waals surface area contributed by atoms with Crippen molar-refractivity contribution in [1.82, 2.24) is 14.7 Å². The van der Waals surface area contributed by atoms with E-state index < -0.39 is 0 Å². The number of aromatic nitrogens is 2. The van der Waals surface area contributed by atoms with Crippen LogP contribution in [0.1, 0.15) is 25.1 Å². The Morgan fingerprint density at radius 2 is 2.14 bits per heavy atom. The SMILES string of the molecule is CC(C)N1CCc2nn(C)c(N)c2C1. The number of aryl methyl sites for hydroxylation is 1. The molecule has 0 aliphatic carbocycles. The minimum Gasteiger partial charge on any atom is -0.384 e. The van der Waals surface area contributed by atoms with Crippen LogP contribution in [0.2, 0.25) is 0 Å². The van der Waals surface area contributed by atoms with E-state index in [1.807, 2.05) is 7.05 Å². The summed E-state index contributed by atoms with van der Waals surface area (Å²) >= 11 is 0. The molecule has 0 bridgehead atoms. The summed E-state index contributed by atoms with van der Waals surface area (Å²) in [7, 11) is 1.91. The molecule has 4 nitrogen and oxygen atoms in total. The molecule has 0 radical (unpaired) electrons. The monoisotopic (exact) mass is 194 g/mol. The Morgan fingerprint density at radius 3 is 2.79 bits per heavy atom. The maximum Gasteiger partial charge on any atom is 0.126 e. The lowest BCUT2D eigenvalue weighted by Gasteiger charge is -2.29. The van der Waals surface area contributed by atoms with Crippen LogP contribution in [0.5, 0.6) is 0 Å². The van der Waals surface area contributed by atoms with Crippen LogP contribution in [0.3, 0.4) is 0 Å². The summed E-state index contributed by atoms with van der Waals surface area (Å²) in [5.41, 5.74) is 8.37. The van der Waals surface area contributed by atoms with E-state index in [0.717, 1.165) is 25.3 Å². The molecule has 0 spiro atoms. The van der Waals surface area contributed by atoms with E-state index in [0.29, 0.717) is 6.04 Å². The lowest BCUT2D eigenvalue weighted by atomic mass is 10.1. The molecule has 4 heteroatoms. The van der Waals surface area contributed by atoms with E-state index in [9.17, 15) is 0 Å². The fourth-order valence-electron chi connectivity index (χ4n) is 1.98. The Balaban J connectivity index is 2.29. The zero-order chi connectivity index (χ0) is 10.3. The Hall–Kier alpha value is -1.03. The Bertz CT molecular complexity index is 340. The quantitative estimate of drug-likeness (QED) is 0.718. The highest BCUT2D eigenvalue weighted by atomic mass is 15.3. The summed E-state index contributed by atoms with van der Waals surface area (Å²) in [5.74, 6) is 0.824. The number of fused-ring (bicyclic) bond motifs is 1. The third-order valence-electron chi connectivity index (χ3n) is 3.00. The highest BCUT2D eigenvalue weighted by Gasteiger charge is 2.23. The fraction of sp³-hybridized carbons (Fsp3) is 0.700. The Labute approximate surface area is 84.7 Å². The molecular weight excluding hydrogens is 176 g/mol. The van der Waals surface area contributed by atoms with Crippen LogP contribution in [0.4, 0.5) is 5.82 Å². The van der Waals surface area contributed by atoms with Crippen LogP contribution in [0.25, 0.3) is 0 Å². The van der Waals surface area contributed by atoms with Gasteiger partial charge in [-0.3, -0.25) is 9.58 Å². The van der Waals surface area contributed by atoms with Gasteiger partial charge in [0.1, 0.15) is 5.82 Å². The highest BCUT2D eigenvalue weighted by Crippen LogP contribution is 2.24. The van der Waals surface area contributed by atoms with Crippen LogP contribution >= 0.6 is 0 Å². The molecule has 0 fully saturated rings. The van der Waals surface area contributed by atoms with Crippen molar-refractivity contribution in [2.45, 2.75) is 32.9 Å². The molecule has 0 saturated heterocycles. The van der Waals surface area contributed by atoms with Gasteiger partial charge in [-0.05, 0) is 13.8 Å². The molecule has 2 N–H and O–H groups in total. The van der Waals surface area contributed by atoms with Gasteiger partial charge in [-0.1, -0.05) is 0 Å². The van der Waals surface area contributed by atoms with Crippen molar-refractivity contribution >= 4 is 5.82 Å². The summed E-state index contributed by atoms with van der Waals surface area (Å²) in [6.07, 6.45) is 1.03. The number of nitrogens with zero attached hydrogens (tertiary/aromatic N) is 3. The third kappa shape index (κ3) is 1.39. The summed E-state index contributed by atoms with van der Waals surface area (Å²) in [4.78, 5) is 2.43. The molecule has 1 aromatic rings. The molecule has 78 valence electrons. The molecule has 1 aliphatic heterocycles. The van der Waals surface area contributed by atoms with Crippen molar-refractivity contribution in [3.05, 3.63) is 11.3 Å².